The standard InChI is InChI=1S/C14H20BrFN2O2.ClH/c1-2-3-4-11(8-17)18-14(19)9-20-13-6-5-10(15)7-12(13)16;/h5-7,11H,2-4,8-9,17H2,1H3,(H,18,19);1H. The van der Waals surface area contributed by atoms with Gasteiger partial charge in [0, 0.05) is 17.1 Å². The van der Waals surface area contributed by atoms with Gasteiger partial charge >= 0.3 is 0 Å². The van der Waals surface area contributed by atoms with Crippen molar-refractivity contribution in [2.75, 3.05) is 13.2 Å². The van der Waals surface area contributed by atoms with Gasteiger partial charge in [-0.25, -0.2) is 4.39 Å². The third-order valence-corrected chi connectivity index (χ3v) is 3.30. The van der Waals surface area contributed by atoms with Crippen LogP contribution in [0.3, 0.4) is 0 Å². The van der Waals surface area contributed by atoms with Crippen LogP contribution in [-0.4, -0.2) is 25.1 Å². The van der Waals surface area contributed by atoms with Gasteiger partial charge in [0.1, 0.15) is 0 Å². The Morgan fingerprint density at radius 1 is 1.52 bits per heavy atom. The number of amides is 1. The van der Waals surface area contributed by atoms with Gasteiger partial charge in [-0.15, -0.1) is 12.4 Å². The number of hydrogen-bond donors (Lipinski definition) is 2. The second-order valence-corrected chi connectivity index (χ2v) is 5.42. The zero-order valence-corrected chi connectivity index (χ0v) is 14.3. The first-order valence-corrected chi connectivity index (χ1v) is 7.43. The van der Waals surface area contributed by atoms with E-state index in [0.29, 0.717) is 11.0 Å². The van der Waals surface area contributed by atoms with E-state index in [2.05, 4.69) is 28.2 Å². The van der Waals surface area contributed by atoms with E-state index in [0.717, 1.165) is 19.3 Å². The van der Waals surface area contributed by atoms with Gasteiger partial charge in [0.05, 0.1) is 0 Å². The fourth-order valence-electron chi connectivity index (χ4n) is 1.70. The Bertz CT molecular complexity index is 449. The van der Waals surface area contributed by atoms with Gasteiger partial charge in [-0.2, -0.15) is 0 Å². The zero-order chi connectivity index (χ0) is 15.0. The van der Waals surface area contributed by atoms with Crippen molar-refractivity contribution < 1.29 is 13.9 Å². The van der Waals surface area contributed by atoms with E-state index in [-0.39, 0.29) is 36.7 Å². The van der Waals surface area contributed by atoms with Crippen molar-refractivity contribution in [2.24, 2.45) is 5.73 Å². The molecule has 120 valence electrons. The molecule has 0 aliphatic carbocycles. The molecule has 1 aromatic carbocycles. The predicted octanol–water partition coefficient (Wildman–Crippen LogP) is 3.02. The molecule has 7 heteroatoms. The fraction of sp³-hybridized carbons (Fsp3) is 0.500. The molecular formula is C14H21BrClFN2O2. The summed E-state index contributed by atoms with van der Waals surface area (Å²) in [5, 5.41) is 2.78. The molecule has 1 aromatic rings. The van der Waals surface area contributed by atoms with Gasteiger partial charge in [0.25, 0.3) is 5.91 Å². The maximum atomic E-state index is 13.5. The molecule has 1 unspecified atom stereocenters. The van der Waals surface area contributed by atoms with Crippen molar-refractivity contribution in [1.29, 1.82) is 0 Å². The van der Waals surface area contributed by atoms with Crippen molar-refractivity contribution >= 4 is 34.2 Å². The van der Waals surface area contributed by atoms with Gasteiger partial charge in [0.2, 0.25) is 0 Å². The Kier molecular flexibility index (Phi) is 10.4. The molecule has 0 bridgehead atoms. The Morgan fingerprint density at radius 3 is 2.81 bits per heavy atom. The largest absolute Gasteiger partial charge is 0.481 e. The summed E-state index contributed by atoms with van der Waals surface area (Å²) in [6, 6.07) is 4.36. The number of nitrogens with two attached hydrogens (primary N) is 1. The molecule has 0 aromatic heterocycles. The Hall–Kier alpha value is -0.850. The molecule has 1 amide bonds. The van der Waals surface area contributed by atoms with Crippen LogP contribution in [0.15, 0.2) is 22.7 Å². The van der Waals surface area contributed by atoms with Crippen molar-refractivity contribution in [3.05, 3.63) is 28.5 Å². The summed E-state index contributed by atoms with van der Waals surface area (Å²) >= 11 is 3.15. The highest BCUT2D eigenvalue weighted by molar-refractivity contribution is 9.10. The minimum absolute atomic E-state index is 0. The van der Waals surface area contributed by atoms with Crippen molar-refractivity contribution in [2.45, 2.75) is 32.2 Å². The molecule has 0 fully saturated rings. The molecule has 0 aliphatic rings. The number of carbonyl (C=O) groups excluding carboxylic acids is 1. The number of rotatable bonds is 8. The lowest BCUT2D eigenvalue weighted by Gasteiger charge is -2.16. The Morgan fingerprint density at radius 2 is 2.24 bits per heavy atom. The number of ether oxygens (including phenoxy) is 1. The SMILES string of the molecule is CCCCC(CN)NC(=O)COc1ccc(Br)cc1F.Cl. The molecular weight excluding hydrogens is 363 g/mol. The van der Waals surface area contributed by atoms with Gasteiger partial charge in [-0.3, -0.25) is 4.79 Å². The molecule has 0 spiro atoms. The number of hydrogen-bond acceptors (Lipinski definition) is 3. The van der Waals surface area contributed by atoms with Crippen LogP contribution in [0.25, 0.3) is 0 Å². The minimum atomic E-state index is -0.506. The number of carbonyl (C=O) groups is 1. The molecule has 4 nitrogen and oxygen atoms in total. The highest BCUT2D eigenvalue weighted by atomic mass is 79.9. The normalized spacial score (nSPS) is 11.4. The number of benzene rings is 1. The summed E-state index contributed by atoms with van der Waals surface area (Å²) in [7, 11) is 0. The summed E-state index contributed by atoms with van der Waals surface area (Å²) in [5.74, 6) is -0.742. The average Bonchev–Trinajstić information content (AvgIpc) is 2.42. The smallest absolute Gasteiger partial charge is 0.258 e. The molecule has 21 heavy (non-hydrogen) atoms. The predicted molar refractivity (Wildman–Crippen MR) is 87.4 cm³/mol. The Balaban J connectivity index is 0.00000400. The van der Waals surface area contributed by atoms with Gasteiger partial charge < -0.3 is 15.8 Å². The molecule has 0 heterocycles. The number of unbranched alkanes of at least 4 members (excludes halogenated alkanes) is 1. The highest BCUT2D eigenvalue weighted by Crippen LogP contribution is 2.21. The average molecular weight is 384 g/mol. The van der Waals surface area contributed by atoms with Crippen molar-refractivity contribution in [3.8, 4) is 5.75 Å². The van der Waals surface area contributed by atoms with Gasteiger partial charge in [-0.05, 0) is 24.6 Å². The lowest BCUT2D eigenvalue weighted by molar-refractivity contribution is -0.123. The molecule has 1 rings (SSSR count). The molecule has 0 saturated carbocycles. The monoisotopic (exact) mass is 382 g/mol. The van der Waals surface area contributed by atoms with Crippen molar-refractivity contribution in [1.82, 2.24) is 5.32 Å². The van der Waals surface area contributed by atoms with Crippen LogP contribution in [0.4, 0.5) is 4.39 Å². The molecule has 3 N–H and O–H groups in total. The summed E-state index contributed by atoms with van der Waals surface area (Å²) in [4.78, 5) is 11.7. The molecule has 1 atom stereocenters. The maximum absolute atomic E-state index is 13.5. The fourth-order valence-corrected chi connectivity index (χ4v) is 2.04. The van der Waals surface area contributed by atoms with E-state index in [9.17, 15) is 9.18 Å². The summed E-state index contributed by atoms with van der Waals surface area (Å²) in [6.07, 6.45) is 2.89. The molecule has 0 radical (unpaired) electrons. The number of halogens is 3. The van der Waals surface area contributed by atoms with E-state index in [1.807, 2.05) is 0 Å². The van der Waals surface area contributed by atoms with Crippen LogP contribution in [0, 0.1) is 5.82 Å². The third kappa shape index (κ3) is 7.64. The van der Waals surface area contributed by atoms with Crippen LogP contribution in [0.5, 0.6) is 5.75 Å². The van der Waals surface area contributed by atoms with E-state index < -0.39 is 5.82 Å². The first kappa shape index (κ1) is 20.1. The first-order valence-electron chi connectivity index (χ1n) is 6.64. The van der Waals surface area contributed by atoms with E-state index in [4.69, 9.17) is 10.5 Å². The lowest BCUT2D eigenvalue weighted by atomic mass is 10.1. The first-order chi connectivity index (χ1) is 9.56. The Labute approximate surface area is 139 Å². The molecule has 0 aliphatic heterocycles. The lowest BCUT2D eigenvalue weighted by Crippen LogP contribution is -2.42. The second-order valence-electron chi connectivity index (χ2n) is 4.51. The summed E-state index contributed by atoms with van der Waals surface area (Å²) < 4.78 is 19.3. The highest BCUT2D eigenvalue weighted by Gasteiger charge is 2.12. The van der Waals surface area contributed by atoms with Gasteiger partial charge in [-0.1, -0.05) is 35.7 Å². The van der Waals surface area contributed by atoms with E-state index in [1.165, 1.54) is 12.1 Å². The second kappa shape index (κ2) is 10.8. The molecule has 0 saturated heterocycles. The van der Waals surface area contributed by atoms with Crippen LogP contribution in [0.2, 0.25) is 0 Å². The summed E-state index contributed by atoms with van der Waals surface area (Å²) in [5.41, 5.74) is 5.59. The van der Waals surface area contributed by atoms with Crippen LogP contribution in [0.1, 0.15) is 26.2 Å². The van der Waals surface area contributed by atoms with Crippen LogP contribution < -0.4 is 15.8 Å². The zero-order valence-electron chi connectivity index (χ0n) is 11.9. The van der Waals surface area contributed by atoms with E-state index >= 15 is 0 Å². The number of nitrogens with one attached hydrogen (secondary N) is 1. The third-order valence-electron chi connectivity index (χ3n) is 2.81. The summed E-state index contributed by atoms with van der Waals surface area (Å²) in [6.45, 7) is 2.24. The van der Waals surface area contributed by atoms with Crippen LogP contribution in [-0.2, 0) is 4.79 Å². The van der Waals surface area contributed by atoms with E-state index in [1.54, 1.807) is 6.07 Å². The van der Waals surface area contributed by atoms with Gasteiger partial charge in [0.15, 0.2) is 18.2 Å². The quantitative estimate of drug-likeness (QED) is 0.725. The van der Waals surface area contributed by atoms with Crippen LogP contribution >= 0.6 is 28.3 Å². The van der Waals surface area contributed by atoms with Crippen molar-refractivity contribution in [3.63, 3.8) is 0 Å². The maximum Gasteiger partial charge on any atom is 0.258 e. The minimum Gasteiger partial charge on any atom is -0.481 e. The topological polar surface area (TPSA) is 64.3 Å².